The molecule has 0 bridgehead atoms. The number of pyridine rings is 1. The van der Waals surface area contributed by atoms with Gasteiger partial charge in [0.05, 0.1) is 6.61 Å². The predicted molar refractivity (Wildman–Crippen MR) is 114 cm³/mol. The highest BCUT2D eigenvalue weighted by Gasteiger charge is 2.12. The van der Waals surface area contributed by atoms with Crippen LogP contribution in [-0.2, 0) is 11.3 Å². The summed E-state index contributed by atoms with van der Waals surface area (Å²) >= 11 is 0. The lowest BCUT2D eigenvalue weighted by Gasteiger charge is -2.12. The average Bonchev–Trinajstić information content (AvgIpc) is 2.79. The van der Waals surface area contributed by atoms with Crippen molar-refractivity contribution in [1.29, 1.82) is 0 Å². The highest BCUT2D eigenvalue weighted by molar-refractivity contribution is 6.04. The first-order valence-electron chi connectivity index (χ1n) is 9.59. The highest BCUT2D eigenvalue weighted by atomic mass is 16.7. The van der Waals surface area contributed by atoms with Crippen molar-refractivity contribution in [1.82, 2.24) is 10.3 Å². The van der Waals surface area contributed by atoms with E-state index in [-0.39, 0.29) is 30.7 Å². The normalized spacial score (nSPS) is 10.1. The van der Waals surface area contributed by atoms with Crippen molar-refractivity contribution in [2.24, 2.45) is 0 Å². The molecular weight excluding hydrogens is 398 g/mol. The molecule has 1 heterocycles. The molecule has 158 valence electrons. The molecule has 2 aromatic carbocycles. The SMILES string of the molecule is CCOC(=O)Oc1ccc(C(=O)Nc2ccccc2CNC(=O)c2ccncc2)cc1. The summed E-state index contributed by atoms with van der Waals surface area (Å²) in [5, 5.41) is 5.66. The monoisotopic (exact) mass is 419 g/mol. The molecule has 0 atom stereocenters. The Bertz CT molecular complexity index is 1050. The second-order valence-electron chi connectivity index (χ2n) is 6.34. The minimum Gasteiger partial charge on any atom is -0.434 e. The van der Waals surface area contributed by atoms with Crippen LogP contribution in [0.4, 0.5) is 10.5 Å². The quantitative estimate of drug-likeness (QED) is 0.446. The third kappa shape index (κ3) is 6.14. The van der Waals surface area contributed by atoms with Gasteiger partial charge in [0.1, 0.15) is 5.75 Å². The fourth-order valence-electron chi connectivity index (χ4n) is 2.69. The van der Waals surface area contributed by atoms with Crippen molar-refractivity contribution < 1.29 is 23.9 Å². The van der Waals surface area contributed by atoms with Crippen molar-refractivity contribution in [2.75, 3.05) is 11.9 Å². The third-order valence-electron chi connectivity index (χ3n) is 4.23. The Kier molecular flexibility index (Phi) is 7.31. The van der Waals surface area contributed by atoms with E-state index in [2.05, 4.69) is 15.6 Å². The molecule has 31 heavy (non-hydrogen) atoms. The Morgan fingerprint density at radius 3 is 2.26 bits per heavy atom. The van der Waals surface area contributed by atoms with Gasteiger partial charge >= 0.3 is 6.16 Å². The number of nitrogens with zero attached hydrogens (tertiary/aromatic N) is 1. The van der Waals surface area contributed by atoms with E-state index in [0.717, 1.165) is 5.56 Å². The number of hydrogen-bond acceptors (Lipinski definition) is 6. The summed E-state index contributed by atoms with van der Waals surface area (Å²) in [6.07, 6.45) is 2.29. The number of nitrogens with one attached hydrogen (secondary N) is 2. The third-order valence-corrected chi connectivity index (χ3v) is 4.23. The minimum absolute atomic E-state index is 0.210. The molecule has 0 aliphatic heterocycles. The smallest absolute Gasteiger partial charge is 0.434 e. The Hall–Kier alpha value is -4.20. The van der Waals surface area contributed by atoms with E-state index in [9.17, 15) is 14.4 Å². The number of carbonyl (C=O) groups excluding carboxylic acids is 3. The van der Waals surface area contributed by atoms with Gasteiger partial charge in [-0.05, 0) is 55.0 Å². The molecule has 0 saturated carbocycles. The molecule has 8 nitrogen and oxygen atoms in total. The van der Waals surface area contributed by atoms with Crippen LogP contribution in [0.2, 0.25) is 0 Å². The number of ether oxygens (including phenoxy) is 2. The fraction of sp³-hybridized carbons (Fsp3) is 0.130. The van der Waals surface area contributed by atoms with Gasteiger partial charge in [-0.2, -0.15) is 0 Å². The molecule has 3 rings (SSSR count). The lowest BCUT2D eigenvalue weighted by molar-refractivity contribution is 0.0949. The summed E-state index contributed by atoms with van der Waals surface area (Å²) in [6, 6.07) is 16.5. The molecule has 0 unspecified atom stereocenters. The molecule has 0 saturated heterocycles. The van der Waals surface area contributed by atoms with Gasteiger partial charge in [0.25, 0.3) is 11.8 Å². The number of carbonyl (C=O) groups is 3. The maximum atomic E-state index is 12.6. The van der Waals surface area contributed by atoms with Gasteiger partial charge in [0, 0.05) is 35.8 Å². The summed E-state index contributed by atoms with van der Waals surface area (Å²) in [7, 11) is 0. The number of para-hydroxylation sites is 1. The standard InChI is InChI=1S/C23H21N3O5/c1-2-30-23(29)31-19-9-7-16(8-10-19)22(28)26-20-6-4-3-5-18(20)15-25-21(27)17-11-13-24-14-12-17/h3-14H,2,15H2,1H3,(H,25,27)(H,26,28). The van der Waals surface area contributed by atoms with E-state index in [1.165, 1.54) is 24.3 Å². The van der Waals surface area contributed by atoms with Crippen LogP contribution >= 0.6 is 0 Å². The van der Waals surface area contributed by atoms with Crippen LogP contribution in [-0.4, -0.2) is 29.6 Å². The van der Waals surface area contributed by atoms with E-state index in [0.29, 0.717) is 16.8 Å². The van der Waals surface area contributed by atoms with Crippen LogP contribution in [0.15, 0.2) is 73.1 Å². The maximum Gasteiger partial charge on any atom is 0.513 e. The maximum absolute atomic E-state index is 12.6. The highest BCUT2D eigenvalue weighted by Crippen LogP contribution is 2.18. The van der Waals surface area contributed by atoms with E-state index < -0.39 is 6.16 Å². The lowest BCUT2D eigenvalue weighted by Crippen LogP contribution is -2.24. The van der Waals surface area contributed by atoms with Gasteiger partial charge in [-0.3, -0.25) is 14.6 Å². The van der Waals surface area contributed by atoms with Gasteiger partial charge in [-0.15, -0.1) is 0 Å². The molecule has 0 fully saturated rings. The first-order valence-corrected chi connectivity index (χ1v) is 9.59. The van der Waals surface area contributed by atoms with Crippen molar-refractivity contribution in [2.45, 2.75) is 13.5 Å². The first-order chi connectivity index (χ1) is 15.1. The summed E-state index contributed by atoms with van der Waals surface area (Å²) < 4.78 is 9.69. The molecular formula is C23H21N3O5. The summed E-state index contributed by atoms with van der Waals surface area (Å²) in [5.74, 6) is -0.300. The van der Waals surface area contributed by atoms with Gasteiger partial charge in [0.15, 0.2) is 0 Å². The molecule has 0 aliphatic carbocycles. The minimum atomic E-state index is -0.803. The van der Waals surface area contributed by atoms with Crippen LogP contribution in [0, 0.1) is 0 Å². The van der Waals surface area contributed by atoms with Crippen LogP contribution in [0.25, 0.3) is 0 Å². The number of hydrogen-bond donors (Lipinski definition) is 2. The Morgan fingerprint density at radius 1 is 0.871 bits per heavy atom. The predicted octanol–water partition coefficient (Wildman–Crippen LogP) is 3.80. The zero-order chi connectivity index (χ0) is 22.1. The number of amides is 2. The van der Waals surface area contributed by atoms with Gasteiger partial charge < -0.3 is 20.1 Å². The van der Waals surface area contributed by atoms with E-state index in [1.807, 2.05) is 12.1 Å². The molecule has 2 amide bonds. The van der Waals surface area contributed by atoms with Crippen molar-refractivity contribution in [3.8, 4) is 5.75 Å². The molecule has 3 aromatic rings. The first kappa shape index (κ1) is 21.5. The summed E-state index contributed by atoms with van der Waals surface area (Å²) in [6.45, 7) is 2.13. The average molecular weight is 419 g/mol. The van der Waals surface area contributed by atoms with Crippen LogP contribution in [0.3, 0.4) is 0 Å². The number of anilines is 1. The van der Waals surface area contributed by atoms with E-state index in [4.69, 9.17) is 9.47 Å². The largest absolute Gasteiger partial charge is 0.513 e. The van der Waals surface area contributed by atoms with Gasteiger partial charge in [-0.25, -0.2) is 4.79 Å². The van der Waals surface area contributed by atoms with Crippen LogP contribution in [0.1, 0.15) is 33.2 Å². The van der Waals surface area contributed by atoms with Crippen molar-refractivity contribution >= 4 is 23.7 Å². The lowest BCUT2D eigenvalue weighted by atomic mass is 10.1. The van der Waals surface area contributed by atoms with Gasteiger partial charge in [0.2, 0.25) is 0 Å². The zero-order valence-corrected chi connectivity index (χ0v) is 16.8. The summed E-state index contributed by atoms with van der Waals surface area (Å²) in [4.78, 5) is 40.1. The molecule has 1 aromatic heterocycles. The molecule has 0 spiro atoms. The second kappa shape index (κ2) is 10.5. The number of benzene rings is 2. The molecule has 2 N–H and O–H groups in total. The van der Waals surface area contributed by atoms with E-state index in [1.54, 1.807) is 43.6 Å². The zero-order valence-electron chi connectivity index (χ0n) is 16.8. The van der Waals surface area contributed by atoms with E-state index >= 15 is 0 Å². The Labute approximate surface area is 179 Å². The van der Waals surface area contributed by atoms with Gasteiger partial charge in [-0.1, -0.05) is 18.2 Å². The summed E-state index contributed by atoms with van der Waals surface area (Å²) in [5.41, 5.74) is 2.21. The number of rotatable bonds is 7. The Morgan fingerprint density at radius 2 is 1.55 bits per heavy atom. The Balaban J connectivity index is 1.63. The van der Waals surface area contributed by atoms with Crippen LogP contribution < -0.4 is 15.4 Å². The van der Waals surface area contributed by atoms with Crippen molar-refractivity contribution in [3.05, 3.63) is 89.7 Å². The molecule has 0 aliphatic rings. The second-order valence-corrected chi connectivity index (χ2v) is 6.34. The molecule has 8 heteroatoms. The van der Waals surface area contributed by atoms with Crippen LogP contribution in [0.5, 0.6) is 5.75 Å². The fourth-order valence-corrected chi connectivity index (χ4v) is 2.69. The topological polar surface area (TPSA) is 107 Å². The van der Waals surface area contributed by atoms with Crippen molar-refractivity contribution in [3.63, 3.8) is 0 Å². The molecule has 0 radical (unpaired) electrons. The number of aromatic nitrogens is 1.